The molecule has 0 radical (unpaired) electrons. The highest BCUT2D eigenvalue weighted by molar-refractivity contribution is 5.28. The van der Waals surface area contributed by atoms with E-state index in [4.69, 9.17) is 0 Å². The molecular formula is C15H24. The van der Waals surface area contributed by atoms with Crippen LogP contribution in [-0.2, 0) is 0 Å². The lowest BCUT2D eigenvalue weighted by Gasteiger charge is -2.50. The lowest BCUT2D eigenvalue weighted by atomic mass is 9.54. The second kappa shape index (κ2) is 2.70. The van der Waals surface area contributed by atoms with Crippen molar-refractivity contribution >= 4 is 0 Å². The van der Waals surface area contributed by atoms with E-state index in [2.05, 4.69) is 27.4 Å². The molecule has 0 amide bonds. The van der Waals surface area contributed by atoms with Gasteiger partial charge in [0.15, 0.2) is 0 Å². The molecule has 3 fully saturated rings. The zero-order valence-corrected chi connectivity index (χ0v) is 10.5. The van der Waals surface area contributed by atoms with Crippen LogP contribution in [0, 0.1) is 28.6 Å². The first kappa shape index (κ1) is 9.93. The number of hydrogen-bond donors (Lipinski definition) is 0. The van der Waals surface area contributed by atoms with Crippen LogP contribution >= 0.6 is 0 Å². The Morgan fingerprint density at radius 2 is 2.00 bits per heavy atom. The summed E-state index contributed by atoms with van der Waals surface area (Å²) in [6.45, 7) is 12.0. The second-order valence-electron chi connectivity index (χ2n) is 6.89. The van der Waals surface area contributed by atoms with E-state index in [1.54, 1.807) is 5.57 Å². The Kier molecular flexibility index (Phi) is 1.79. The van der Waals surface area contributed by atoms with Crippen LogP contribution < -0.4 is 0 Å². The van der Waals surface area contributed by atoms with E-state index in [0.29, 0.717) is 10.8 Å². The van der Waals surface area contributed by atoms with Crippen LogP contribution in [0.2, 0.25) is 0 Å². The maximum absolute atomic E-state index is 4.46. The summed E-state index contributed by atoms with van der Waals surface area (Å²) in [5.41, 5.74) is 2.68. The summed E-state index contributed by atoms with van der Waals surface area (Å²) in [7, 11) is 0. The van der Waals surface area contributed by atoms with Crippen LogP contribution in [0.5, 0.6) is 0 Å². The molecule has 1 spiro atoms. The van der Waals surface area contributed by atoms with Crippen LogP contribution in [0.25, 0.3) is 0 Å². The predicted molar refractivity (Wildman–Crippen MR) is 64.6 cm³/mol. The maximum atomic E-state index is 4.46. The Morgan fingerprint density at radius 3 is 2.73 bits per heavy atom. The fraction of sp³-hybridized carbons (Fsp3) is 0.867. The molecule has 0 heterocycles. The lowest BCUT2D eigenvalue weighted by Crippen LogP contribution is -2.42. The summed E-state index contributed by atoms with van der Waals surface area (Å²) >= 11 is 0. The van der Waals surface area contributed by atoms with Gasteiger partial charge in [0, 0.05) is 0 Å². The monoisotopic (exact) mass is 204 g/mol. The Hall–Kier alpha value is -0.260. The molecule has 15 heavy (non-hydrogen) atoms. The van der Waals surface area contributed by atoms with Gasteiger partial charge in [-0.1, -0.05) is 32.9 Å². The quantitative estimate of drug-likeness (QED) is 0.513. The van der Waals surface area contributed by atoms with Crippen molar-refractivity contribution in [2.75, 3.05) is 0 Å². The molecule has 3 rings (SSSR count). The first-order valence-corrected chi connectivity index (χ1v) is 6.68. The molecule has 4 atom stereocenters. The zero-order valence-electron chi connectivity index (χ0n) is 10.5. The Balaban J connectivity index is 2.14. The van der Waals surface area contributed by atoms with Gasteiger partial charge in [-0.3, -0.25) is 0 Å². The van der Waals surface area contributed by atoms with Gasteiger partial charge in [-0.15, -0.1) is 0 Å². The van der Waals surface area contributed by atoms with E-state index in [-0.39, 0.29) is 0 Å². The summed E-state index contributed by atoms with van der Waals surface area (Å²) in [5, 5.41) is 0. The second-order valence-corrected chi connectivity index (χ2v) is 6.89. The normalized spacial score (nSPS) is 51.9. The van der Waals surface area contributed by atoms with Crippen LogP contribution in [-0.4, -0.2) is 0 Å². The van der Waals surface area contributed by atoms with Gasteiger partial charge in [-0.2, -0.15) is 0 Å². The van der Waals surface area contributed by atoms with Crippen molar-refractivity contribution in [1.82, 2.24) is 0 Å². The van der Waals surface area contributed by atoms with Crippen molar-refractivity contribution in [3.8, 4) is 0 Å². The van der Waals surface area contributed by atoms with Gasteiger partial charge in [-0.25, -0.2) is 0 Å². The number of fused-ring (bicyclic) bond motifs is 1. The highest BCUT2D eigenvalue weighted by Crippen LogP contribution is 2.73. The van der Waals surface area contributed by atoms with Gasteiger partial charge in [0.25, 0.3) is 0 Å². The molecule has 0 nitrogen and oxygen atoms in total. The minimum atomic E-state index is 0.537. The Labute approximate surface area is 94.1 Å². The zero-order chi connectivity index (χ0) is 10.8. The third-order valence-corrected chi connectivity index (χ3v) is 6.45. The number of hydrogen-bond acceptors (Lipinski definition) is 0. The van der Waals surface area contributed by atoms with Crippen molar-refractivity contribution in [2.45, 2.75) is 52.9 Å². The van der Waals surface area contributed by atoms with Gasteiger partial charge in [0.2, 0.25) is 0 Å². The minimum absolute atomic E-state index is 0.537. The molecule has 0 aromatic rings. The standard InChI is InChI=1S/C15H24/c1-10-7-8-15-11(2)5-6-12(9-13(10)15)14(15,3)4/h10,12-13H,2,5-9H2,1,3-4H3/t10-,12+,13?,15-/m0/s1. The minimum Gasteiger partial charge on any atom is -0.0993 e. The fourth-order valence-corrected chi connectivity index (χ4v) is 5.47. The number of allylic oxidation sites excluding steroid dienone is 1. The SMILES string of the molecule is C=C1CC[C@@H]2CC3[C@@H](C)CC[C@]13C2(C)C. The molecule has 1 unspecified atom stereocenters. The molecule has 0 saturated heterocycles. The molecule has 0 aromatic carbocycles. The van der Waals surface area contributed by atoms with Gasteiger partial charge < -0.3 is 0 Å². The molecule has 3 saturated carbocycles. The highest BCUT2D eigenvalue weighted by Gasteiger charge is 2.65. The largest absolute Gasteiger partial charge is 0.0993 e. The average molecular weight is 204 g/mol. The smallest absolute Gasteiger partial charge is 0.000607 e. The summed E-state index contributed by atoms with van der Waals surface area (Å²) in [6.07, 6.45) is 7.10. The van der Waals surface area contributed by atoms with E-state index in [9.17, 15) is 0 Å². The summed E-state index contributed by atoms with van der Waals surface area (Å²) < 4.78 is 0. The summed E-state index contributed by atoms with van der Waals surface area (Å²) in [4.78, 5) is 0. The molecule has 0 N–H and O–H groups in total. The van der Waals surface area contributed by atoms with E-state index in [1.165, 1.54) is 32.1 Å². The maximum Gasteiger partial charge on any atom is -0.000607 e. The fourth-order valence-electron chi connectivity index (χ4n) is 5.47. The summed E-state index contributed by atoms with van der Waals surface area (Å²) in [5.74, 6) is 2.90. The van der Waals surface area contributed by atoms with Crippen LogP contribution in [0.1, 0.15) is 52.9 Å². The third-order valence-electron chi connectivity index (χ3n) is 6.45. The van der Waals surface area contributed by atoms with Gasteiger partial charge in [0.05, 0.1) is 0 Å². The predicted octanol–water partition coefficient (Wildman–Crippen LogP) is 4.42. The van der Waals surface area contributed by atoms with E-state index < -0.39 is 0 Å². The average Bonchev–Trinajstić information content (AvgIpc) is 2.53. The van der Waals surface area contributed by atoms with Gasteiger partial charge >= 0.3 is 0 Å². The molecule has 2 bridgehead atoms. The van der Waals surface area contributed by atoms with Crippen molar-refractivity contribution < 1.29 is 0 Å². The van der Waals surface area contributed by atoms with E-state index in [0.717, 1.165) is 17.8 Å². The van der Waals surface area contributed by atoms with Crippen LogP contribution in [0.4, 0.5) is 0 Å². The van der Waals surface area contributed by atoms with Gasteiger partial charge in [0.1, 0.15) is 0 Å². The number of rotatable bonds is 0. The first-order valence-electron chi connectivity index (χ1n) is 6.68. The van der Waals surface area contributed by atoms with E-state index in [1.807, 2.05) is 0 Å². The molecule has 3 aliphatic carbocycles. The van der Waals surface area contributed by atoms with Crippen molar-refractivity contribution in [3.63, 3.8) is 0 Å². The Bertz CT molecular complexity index is 312. The third kappa shape index (κ3) is 0.905. The summed E-state index contributed by atoms with van der Waals surface area (Å²) in [6, 6.07) is 0. The molecule has 0 aliphatic heterocycles. The Morgan fingerprint density at radius 1 is 1.27 bits per heavy atom. The molecule has 84 valence electrons. The van der Waals surface area contributed by atoms with Crippen molar-refractivity contribution in [3.05, 3.63) is 12.2 Å². The highest BCUT2D eigenvalue weighted by atomic mass is 14.7. The first-order chi connectivity index (χ1) is 7.00. The molecule has 3 aliphatic rings. The molecule has 0 heteroatoms. The van der Waals surface area contributed by atoms with Crippen molar-refractivity contribution in [1.29, 1.82) is 0 Å². The van der Waals surface area contributed by atoms with Gasteiger partial charge in [-0.05, 0) is 60.7 Å². The molecular weight excluding hydrogens is 180 g/mol. The van der Waals surface area contributed by atoms with Crippen LogP contribution in [0.3, 0.4) is 0 Å². The molecule has 0 aromatic heterocycles. The van der Waals surface area contributed by atoms with Crippen LogP contribution in [0.15, 0.2) is 12.2 Å². The topological polar surface area (TPSA) is 0 Å². The van der Waals surface area contributed by atoms with Crippen molar-refractivity contribution in [2.24, 2.45) is 28.6 Å². The lowest BCUT2D eigenvalue weighted by molar-refractivity contribution is 0.0595. The van der Waals surface area contributed by atoms with E-state index >= 15 is 0 Å².